The second-order valence-electron chi connectivity index (χ2n) is 4.11. The highest BCUT2D eigenvalue weighted by molar-refractivity contribution is 7.89. The molecule has 0 aliphatic carbocycles. The fourth-order valence-electron chi connectivity index (χ4n) is 1.56. The van der Waals surface area contributed by atoms with Crippen LogP contribution in [0.25, 0.3) is 0 Å². The number of hydrogen-bond acceptors (Lipinski definition) is 4. The summed E-state index contributed by atoms with van der Waals surface area (Å²) in [5.41, 5.74) is 0. The molecule has 0 aliphatic rings. The van der Waals surface area contributed by atoms with E-state index in [-0.39, 0.29) is 10.2 Å². The minimum Gasteiger partial charge on any atom is -0.324 e. The summed E-state index contributed by atoms with van der Waals surface area (Å²) >= 11 is 7.55. The molecule has 2 heterocycles. The monoisotopic (exact) mass is 319 g/mol. The second kappa shape index (κ2) is 5.62. The van der Waals surface area contributed by atoms with Crippen molar-refractivity contribution in [1.82, 2.24) is 13.9 Å². The van der Waals surface area contributed by atoms with Gasteiger partial charge >= 0.3 is 0 Å². The first-order valence-corrected chi connectivity index (χ1v) is 8.28. The van der Waals surface area contributed by atoms with E-state index in [0.717, 1.165) is 4.88 Å². The lowest BCUT2D eigenvalue weighted by molar-refractivity contribution is 0.471. The Bertz CT molecular complexity index is 650. The summed E-state index contributed by atoms with van der Waals surface area (Å²) in [5.74, 6) is 0. The molecule has 104 valence electrons. The topological polar surface area (TPSA) is 55.2 Å². The molecular formula is C11H14ClN3O2S2. The van der Waals surface area contributed by atoms with Crippen molar-refractivity contribution >= 4 is 33.0 Å². The van der Waals surface area contributed by atoms with Crippen LogP contribution in [-0.2, 0) is 23.5 Å². The van der Waals surface area contributed by atoms with Crippen molar-refractivity contribution < 1.29 is 8.42 Å². The summed E-state index contributed by atoms with van der Waals surface area (Å²) < 4.78 is 27.3. The standard InChI is InChI=1S/C11H14ClN3O2S2/c1-14-8-13-11(10(14)12)19(16,17)15(2)6-5-9-4-3-7-18-9/h3-4,7-8H,5-6H2,1-2H3. The molecule has 19 heavy (non-hydrogen) atoms. The largest absolute Gasteiger partial charge is 0.324 e. The first-order valence-electron chi connectivity index (χ1n) is 5.58. The third kappa shape index (κ3) is 3.00. The quantitative estimate of drug-likeness (QED) is 0.847. The van der Waals surface area contributed by atoms with Gasteiger partial charge < -0.3 is 4.57 Å². The number of likely N-dealkylation sites (N-methyl/N-ethyl adjacent to an activating group) is 1. The molecule has 0 radical (unpaired) electrons. The van der Waals surface area contributed by atoms with Crippen LogP contribution in [0, 0.1) is 0 Å². The summed E-state index contributed by atoms with van der Waals surface area (Å²) in [7, 11) is -0.440. The molecule has 0 fully saturated rings. The number of sulfonamides is 1. The molecule has 0 atom stereocenters. The van der Waals surface area contributed by atoms with E-state index in [0.29, 0.717) is 13.0 Å². The van der Waals surface area contributed by atoms with Gasteiger partial charge in [0, 0.05) is 25.5 Å². The number of nitrogens with zero attached hydrogens (tertiary/aromatic N) is 3. The molecule has 2 rings (SSSR count). The average molecular weight is 320 g/mol. The molecule has 0 saturated carbocycles. The summed E-state index contributed by atoms with van der Waals surface area (Å²) in [6.45, 7) is 0.399. The highest BCUT2D eigenvalue weighted by Gasteiger charge is 2.26. The Morgan fingerprint density at radius 2 is 2.26 bits per heavy atom. The number of thiophene rings is 1. The number of imidazole rings is 1. The number of aryl methyl sites for hydroxylation is 1. The molecular weight excluding hydrogens is 306 g/mol. The Morgan fingerprint density at radius 1 is 1.53 bits per heavy atom. The summed E-state index contributed by atoms with van der Waals surface area (Å²) in [4.78, 5) is 5.00. The van der Waals surface area contributed by atoms with Gasteiger partial charge in [-0.15, -0.1) is 11.3 Å². The lowest BCUT2D eigenvalue weighted by Gasteiger charge is -2.15. The van der Waals surface area contributed by atoms with Gasteiger partial charge in [-0.2, -0.15) is 4.31 Å². The van der Waals surface area contributed by atoms with E-state index >= 15 is 0 Å². The van der Waals surface area contributed by atoms with Crippen molar-refractivity contribution in [2.75, 3.05) is 13.6 Å². The molecule has 0 amide bonds. The van der Waals surface area contributed by atoms with Gasteiger partial charge in [0.15, 0.2) is 0 Å². The molecule has 0 bridgehead atoms. The van der Waals surface area contributed by atoms with E-state index in [4.69, 9.17) is 11.6 Å². The van der Waals surface area contributed by atoms with Crippen molar-refractivity contribution in [2.45, 2.75) is 11.4 Å². The molecule has 2 aromatic heterocycles. The van der Waals surface area contributed by atoms with Gasteiger partial charge in [0.25, 0.3) is 10.0 Å². The zero-order chi connectivity index (χ0) is 14.0. The van der Waals surface area contributed by atoms with Gasteiger partial charge in [-0.3, -0.25) is 0 Å². The maximum absolute atomic E-state index is 12.3. The number of hydrogen-bond donors (Lipinski definition) is 0. The first-order chi connectivity index (χ1) is 8.93. The summed E-state index contributed by atoms with van der Waals surface area (Å²) in [5, 5.41) is 2.01. The third-order valence-corrected chi connectivity index (χ3v) is 6.03. The molecule has 0 aliphatic heterocycles. The predicted octanol–water partition coefficient (Wildman–Crippen LogP) is 2.00. The van der Waals surface area contributed by atoms with Gasteiger partial charge in [0.2, 0.25) is 5.03 Å². The van der Waals surface area contributed by atoms with Gasteiger partial charge in [-0.05, 0) is 17.9 Å². The van der Waals surface area contributed by atoms with Crippen LogP contribution in [0.5, 0.6) is 0 Å². The first kappa shape index (κ1) is 14.5. The number of rotatable bonds is 5. The number of aromatic nitrogens is 2. The van der Waals surface area contributed by atoms with E-state index in [1.807, 2.05) is 17.5 Å². The van der Waals surface area contributed by atoms with Gasteiger partial charge in [0.1, 0.15) is 5.15 Å². The Labute approximate surface area is 121 Å². The second-order valence-corrected chi connectivity index (χ2v) is 7.46. The van der Waals surface area contributed by atoms with Crippen LogP contribution < -0.4 is 0 Å². The smallest absolute Gasteiger partial charge is 0.263 e. The highest BCUT2D eigenvalue weighted by atomic mass is 35.5. The fraction of sp³-hybridized carbons (Fsp3) is 0.364. The van der Waals surface area contributed by atoms with E-state index in [1.54, 1.807) is 18.4 Å². The summed E-state index contributed by atoms with van der Waals surface area (Å²) in [6.07, 6.45) is 2.07. The number of halogens is 1. The molecule has 0 saturated heterocycles. The zero-order valence-electron chi connectivity index (χ0n) is 10.6. The van der Waals surface area contributed by atoms with Crippen molar-refractivity contribution in [1.29, 1.82) is 0 Å². The molecule has 0 spiro atoms. The van der Waals surface area contributed by atoms with Crippen molar-refractivity contribution in [3.63, 3.8) is 0 Å². The van der Waals surface area contributed by atoms with Crippen molar-refractivity contribution in [2.24, 2.45) is 7.05 Å². The lowest BCUT2D eigenvalue weighted by Crippen LogP contribution is -2.29. The van der Waals surface area contributed by atoms with Crippen LogP contribution >= 0.6 is 22.9 Å². The zero-order valence-corrected chi connectivity index (χ0v) is 13.0. The van der Waals surface area contributed by atoms with Crippen LogP contribution in [0.15, 0.2) is 28.9 Å². The minimum atomic E-state index is -3.63. The maximum atomic E-state index is 12.3. The van der Waals surface area contributed by atoms with Crippen LogP contribution in [0.2, 0.25) is 5.15 Å². The lowest BCUT2D eigenvalue weighted by atomic mass is 10.3. The minimum absolute atomic E-state index is 0.0923. The van der Waals surface area contributed by atoms with Crippen LogP contribution in [0.1, 0.15) is 4.88 Å². The maximum Gasteiger partial charge on any atom is 0.263 e. The normalized spacial score (nSPS) is 12.2. The molecule has 8 heteroatoms. The molecule has 0 N–H and O–H groups in total. The Hall–Kier alpha value is -0.890. The highest BCUT2D eigenvalue weighted by Crippen LogP contribution is 2.22. The van der Waals surface area contributed by atoms with E-state index in [1.165, 1.54) is 22.2 Å². The van der Waals surface area contributed by atoms with Crippen molar-refractivity contribution in [3.05, 3.63) is 33.9 Å². The van der Waals surface area contributed by atoms with E-state index in [2.05, 4.69) is 4.98 Å². The van der Waals surface area contributed by atoms with E-state index < -0.39 is 10.0 Å². The average Bonchev–Trinajstić information content (AvgIpc) is 2.98. The summed E-state index contributed by atoms with van der Waals surface area (Å²) in [6, 6.07) is 3.93. The Morgan fingerprint density at radius 3 is 2.79 bits per heavy atom. The SMILES string of the molecule is CN(CCc1cccs1)S(=O)(=O)c1ncn(C)c1Cl. The predicted molar refractivity (Wildman–Crippen MR) is 76.1 cm³/mol. The molecule has 0 aromatic carbocycles. The van der Waals surface area contributed by atoms with Crippen LogP contribution in [0.3, 0.4) is 0 Å². The molecule has 5 nitrogen and oxygen atoms in total. The third-order valence-electron chi connectivity index (χ3n) is 2.74. The fourth-order valence-corrected chi connectivity index (χ4v) is 3.80. The Kier molecular flexibility index (Phi) is 4.29. The van der Waals surface area contributed by atoms with E-state index in [9.17, 15) is 8.42 Å². The molecule has 2 aromatic rings. The molecule has 0 unspecified atom stereocenters. The van der Waals surface area contributed by atoms with Crippen molar-refractivity contribution in [3.8, 4) is 0 Å². The van der Waals surface area contributed by atoms with Gasteiger partial charge in [-0.25, -0.2) is 13.4 Å². The Balaban J connectivity index is 2.13. The van der Waals surface area contributed by atoms with Gasteiger partial charge in [-0.1, -0.05) is 17.7 Å². The van der Waals surface area contributed by atoms with Crippen LogP contribution in [0.4, 0.5) is 0 Å². The van der Waals surface area contributed by atoms with Gasteiger partial charge in [0.05, 0.1) is 6.33 Å². The van der Waals surface area contributed by atoms with Crippen LogP contribution in [-0.4, -0.2) is 35.9 Å².